The molecule has 0 saturated heterocycles. The van der Waals surface area contributed by atoms with Crippen molar-refractivity contribution in [1.82, 2.24) is 0 Å². The Morgan fingerprint density at radius 1 is 1.03 bits per heavy atom. The molecular formula is C24H20ClN3O2. The number of anilines is 2. The topological polar surface area (TPSA) is 57.1 Å². The van der Waals surface area contributed by atoms with Crippen molar-refractivity contribution in [3.05, 3.63) is 100 Å². The number of rotatable bonds is 4. The molecule has 0 fully saturated rings. The number of hydrogen-bond acceptors (Lipinski definition) is 4. The van der Waals surface area contributed by atoms with Crippen LogP contribution in [0.4, 0.5) is 11.4 Å². The van der Waals surface area contributed by atoms with E-state index >= 15 is 0 Å². The average molecular weight is 418 g/mol. The van der Waals surface area contributed by atoms with E-state index in [1.807, 2.05) is 72.8 Å². The number of hydrogen-bond donors (Lipinski definition) is 2. The smallest absolute Gasteiger partial charge is 0.252 e. The molecule has 0 saturated carbocycles. The van der Waals surface area contributed by atoms with Gasteiger partial charge >= 0.3 is 0 Å². The fourth-order valence-electron chi connectivity index (χ4n) is 3.69. The fourth-order valence-corrected chi connectivity index (χ4v) is 3.87. The Hall–Kier alpha value is -3.44. The Labute approximate surface area is 179 Å². The van der Waals surface area contributed by atoms with Gasteiger partial charge in [0.15, 0.2) is 0 Å². The molecule has 2 N–H and O–H groups in total. The van der Waals surface area contributed by atoms with Crippen LogP contribution in [0, 0.1) is 0 Å². The Bertz CT molecular complexity index is 1140. The summed E-state index contributed by atoms with van der Waals surface area (Å²) in [6.07, 6.45) is 0.739. The lowest BCUT2D eigenvalue weighted by atomic mass is 9.96. The summed E-state index contributed by atoms with van der Waals surface area (Å²) < 4.78 is 5.86. The summed E-state index contributed by atoms with van der Waals surface area (Å²) in [6.45, 7) is 1.12. The molecule has 2 heterocycles. The summed E-state index contributed by atoms with van der Waals surface area (Å²) in [5.74, 6) is 0.768. The number of benzene rings is 3. The highest BCUT2D eigenvalue weighted by Crippen LogP contribution is 2.33. The lowest BCUT2D eigenvalue weighted by Gasteiger charge is -2.31. The number of fused-ring (bicyclic) bond motifs is 1. The largest absolute Gasteiger partial charge is 0.491 e. The standard InChI is InChI=1S/C24H20ClN3O2/c25-19-7-6-17-12-18-14-28(27-24(29)23(18)26-22(17)13-19)20-8-10-21(11-9-20)30-15-16-4-2-1-3-5-16/h1-11,13,26H,12,14-15H2,(H,27,29). The van der Waals surface area contributed by atoms with E-state index in [9.17, 15) is 5.11 Å². The quantitative estimate of drug-likeness (QED) is 0.585. The Balaban J connectivity index is 1.29. The highest BCUT2D eigenvalue weighted by Gasteiger charge is 2.27. The van der Waals surface area contributed by atoms with Gasteiger partial charge in [-0.25, -0.2) is 0 Å². The minimum atomic E-state index is -0.0220. The van der Waals surface area contributed by atoms with Crippen LogP contribution >= 0.6 is 11.6 Å². The van der Waals surface area contributed by atoms with Crippen LogP contribution in [0.5, 0.6) is 5.75 Å². The molecule has 0 unspecified atom stereocenters. The van der Waals surface area contributed by atoms with Gasteiger partial charge in [-0.3, -0.25) is 5.01 Å². The number of nitrogens with zero attached hydrogens (tertiary/aromatic N) is 2. The van der Waals surface area contributed by atoms with E-state index in [0.29, 0.717) is 23.9 Å². The molecule has 150 valence electrons. The van der Waals surface area contributed by atoms with Crippen LogP contribution in [-0.4, -0.2) is 17.5 Å². The zero-order valence-corrected chi connectivity index (χ0v) is 16.9. The van der Waals surface area contributed by atoms with Crippen LogP contribution in [0.25, 0.3) is 0 Å². The van der Waals surface area contributed by atoms with Crippen LogP contribution in [0.1, 0.15) is 11.1 Å². The van der Waals surface area contributed by atoms with E-state index in [0.717, 1.165) is 40.2 Å². The third kappa shape index (κ3) is 3.72. The first kappa shape index (κ1) is 18.6. The minimum absolute atomic E-state index is 0.0220. The zero-order valence-electron chi connectivity index (χ0n) is 16.2. The SMILES string of the molecule is OC1=NN(c2ccc(OCc3ccccc3)cc2)CC2=C1Nc1cc(Cl)ccc1C2. The summed E-state index contributed by atoms with van der Waals surface area (Å²) in [5.41, 5.74) is 5.83. The summed E-state index contributed by atoms with van der Waals surface area (Å²) in [6, 6.07) is 23.6. The molecule has 0 radical (unpaired) electrons. The van der Waals surface area contributed by atoms with Gasteiger partial charge < -0.3 is 15.2 Å². The molecule has 0 aliphatic carbocycles. The van der Waals surface area contributed by atoms with Gasteiger partial charge in [-0.2, -0.15) is 0 Å². The van der Waals surface area contributed by atoms with E-state index < -0.39 is 0 Å². The van der Waals surface area contributed by atoms with Crippen molar-refractivity contribution < 1.29 is 9.84 Å². The molecule has 2 aliphatic rings. The maximum atomic E-state index is 10.5. The van der Waals surface area contributed by atoms with E-state index in [1.165, 1.54) is 0 Å². The maximum Gasteiger partial charge on any atom is 0.252 e. The normalized spacial score (nSPS) is 15.1. The Morgan fingerprint density at radius 3 is 2.63 bits per heavy atom. The van der Waals surface area contributed by atoms with Gasteiger partial charge in [0, 0.05) is 10.7 Å². The van der Waals surface area contributed by atoms with Crippen molar-refractivity contribution in [2.75, 3.05) is 16.9 Å². The lowest BCUT2D eigenvalue weighted by molar-refractivity contribution is 0.306. The Morgan fingerprint density at radius 2 is 1.83 bits per heavy atom. The molecule has 3 aromatic rings. The highest BCUT2D eigenvalue weighted by molar-refractivity contribution is 6.31. The monoisotopic (exact) mass is 417 g/mol. The van der Waals surface area contributed by atoms with Crippen molar-refractivity contribution in [3.8, 4) is 5.75 Å². The van der Waals surface area contributed by atoms with Gasteiger partial charge in [-0.05, 0) is 59.5 Å². The van der Waals surface area contributed by atoms with Gasteiger partial charge in [0.2, 0.25) is 0 Å². The fraction of sp³-hybridized carbons (Fsp3) is 0.125. The molecule has 0 spiro atoms. The van der Waals surface area contributed by atoms with Crippen molar-refractivity contribution in [2.45, 2.75) is 13.0 Å². The molecule has 0 amide bonds. The molecule has 5 rings (SSSR count). The number of halogens is 1. The van der Waals surface area contributed by atoms with Crippen LogP contribution in [-0.2, 0) is 13.0 Å². The third-order valence-corrected chi connectivity index (χ3v) is 5.49. The molecule has 30 heavy (non-hydrogen) atoms. The lowest BCUT2D eigenvalue weighted by Crippen LogP contribution is -2.33. The summed E-state index contributed by atoms with van der Waals surface area (Å²) in [5, 5.41) is 20.6. The predicted molar refractivity (Wildman–Crippen MR) is 120 cm³/mol. The molecular weight excluding hydrogens is 398 g/mol. The van der Waals surface area contributed by atoms with Gasteiger partial charge in [0.1, 0.15) is 18.1 Å². The van der Waals surface area contributed by atoms with Crippen molar-refractivity contribution in [1.29, 1.82) is 0 Å². The maximum absolute atomic E-state index is 10.5. The van der Waals surface area contributed by atoms with Gasteiger partial charge in [0.25, 0.3) is 5.90 Å². The van der Waals surface area contributed by atoms with Crippen molar-refractivity contribution >= 4 is 28.9 Å². The first-order valence-electron chi connectivity index (χ1n) is 9.75. The van der Waals surface area contributed by atoms with E-state index in [1.54, 1.807) is 5.01 Å². The molecule has 0 aromatic heterocycles. The molecule has 5 nitrogen and oxygen atoms in total. The van der Waals surface area contributed by atoms with Crippen LogP contribution in [0.2, 0.25) is 5.02 Å². The number of aliphatic hydroxyl groups is 1. The molecule has 6 heteroatoms. The zero-order chi connectivity index (χ0) is 20.5. The van der Waals surface area contributed by atoms with Crippen LogP contribution in [0.3, 0.4) is 0 Å². The van der Waals surface area contributed by atoms with Crippen molar-refractivity contribution in [2.24, 2.45) is 5.10 Å². The highest BCUT2D eigenvalue weighted by atomic mass is 35.5. The minimum Gasteiger partial charge on any atom is -0.491 e. The first-order chi connectivity index (χ1) is 14.7. The second kappa shape index (κ2) is 7.76. The molecule has 3 aromatic carbocycles. The van der Waals surface area contributed by atoms with E-state index in [2.05, 4.69) is 10.4 Å². The van der Waals surface area contributed by atoms with E-state index in [-0.39, 0.29) is 5.90 Å². The predicted octanol–water partition coefficient (Wildman–Crippen LogP) is 5.53. The van der Waals surface area contributed by atoms with E-state index in [4.69, 9.17) is 16.3 Å². The van der Waals surface area contributed by atoms with Gasteiger partial charge in [-0.1, -0.05) is 48.0 Å². The Kier molecular flexibility index (Phi) is 4.81. The third-order valence-electron chi connectivity index (χ3n) is 5.25. The average Bonchev–Trinajstić information content (AvgIpc) is 2.78. The summed E-state index contributed by atoms with van der Waals surface area (Å²) in [7, 11) is 0. The number of aliphatic hydroxyl groups excluding tert-OH is 1. The number of hydrazone groups is 1. The first-order valence-corrected chi connectivity index (χ1v) is 10.1. The molecule has 0 bridgehead atoms. The second-order valence-corrected chi connectivity index (χ2v) is 7.77. The number of nitrogens with one attached hydrogen (secondary N) is 1. The summed E-state index contributed by atoms with van der Waals surface area (Å²) in [4.78, 5) is 0. The molecule has 0 atom stereocenters. The second-order valence-electron chi connectivity index (χ2n) is 7.33. The van der Waals surface area contributed by atoms with Crippen LogP contribution in [0.15, 0.2) is 89.2 Å². The summed E-state index contributed by atoms with van der Waals surface area (Å²) >= 11 is 6.09. The molecule has 2 aliphatic heterocycles. The van der Waals surface area contributed by atoms with Gasteiger partial charge in [-0.15, -0.1) is 5.10 Å². The number of ether oxygens (including phenoxy) is 1. The van der Waals surface area contributed by atoms with Crippen molar-refractivity contribution in [3.63, 3.8) is 0 Å². The van der Waals surface area contributed by atoms with Crippen LogP contribution < -0.4 is 15.1 Å². The van der Waals surface area contributed by atoms with Gasteiger partial charge in [0.05, 0.1) is 12.2 Å².